The largest absolute Gasteiger partial charge is 0.324 e. The van der Waals surface area contributed by atoms with Gasteiger partial charge in [-0.05, 0) is 49.1 Å². The van der Waals surface area contributed by atoms with E-state index in [1.807, 2.05) is 11.3 Å². The molecule has 0 saturated carbocycles. The molecule has 1 aromatic heterocycles. The van der Waals surface area contributed by atoms with Gasteiger partial charge >= 0.3 is 6.03 Å². The molecule has 3 nitrogen and oxygen atoms in total. The summed E-state index contributed by atoms with van der Waals surface area (Å²) in [6.45, 7) is 7.14. The predicted molar refractivity (Wildman–Crippen MR) is 78.5 cm³/mol. The summed E-state index contributed by atoms with van der Waals surface area (Å²) < 4.78 is 0. The van der Waals surface area contributed by atoms with Crippen molar-refractivity contribution in [3.63, 3.8) is 0 Å². The quantitative estimate of drug-likeness (QED) is 0.712. The molecule has 2 unspecified atom stereocenters. The Kier molecular flexibility index (Phi) is 3.52. The van der Waals surface area contributed by atoms with Crippen LogP contribution < -0.4 is 0 Å². The average Bonchev–Trinajstić information content (AvgIpc) is 2.88. The van der Waals surface area contributed by atoms with Gasteiger partial charge in [0.15, 0.2) is 0 Å². The summed E-state index contributed by atoms with van der Waals surface area (Å²) in [4.78, 5) is 18.3. The van der Waals surface area contributed by atoms with Crippen molar-refractivity contribution in [3.8, 4) is 0 Å². The van der Waals surface area contributed by atoms with Crippen molar-refractivity contribution in [2.75, 3.05) is 19.6 Å². The summed E-state index contributed by atoms with van der Waals surface area (Å²) in [5.41, 5.74) is 1.36. The molecule has 2 aliphatic heterocycles. The van der Waals surface area contributed by atoms with E-state index in [0.717, 1.165) is 32.5 Å². The molecular formula is C15H22N2OS. The average molecular weight is 278 g/mol. The second-order valence-electron chi connectivity index (χ2n) is 5.89. The van der Waals surface area contributed by atoms with E-state index in [4.69, 9.17) is 0 Å². The Labute approximate surface area is 119 Å². The number of likely N-dealkylation sites (tertiary alicyclic amines) is 1. The lowest BCUT2D eigenvalue weighted by Gasteiger charge is -2.40. The minimum absolute atomic E-state index is 0.236. The molecule has 4 heteroatoms. The molecule has 0 spiro atoms. The van der Waals surface area contributed by atoms with Crippen LogP contribution in [0.15, 0.2) is 11.4 Å². The second-order valence-corrected chi connectivity index (χ2v) is 6.90. The Balaban J connectivity index is 1.74. The van der Waals surface area contributed by atoms with Gasteiger partial charge in [-0.15, -0.1) is 11.3 Å². The minimum atomic E-state index is 0.236. The van der Waals surface area contributed by atoms with Gasteiger partial charge in [0.2, 0.25) is 0 Å². The molecule has 1 fully saturated rings. The van der Waals surface area contributed by atoms with Gasteiger partial charge in [-0.25, -0.2) is 4.79 Å². The third kappa shape index (κ3) is 2.38. The number of rotatable bonds is 0. The van der Waals surface area contributed by atoms with E-state index >= 15 is 0 Å². The topological polar surface area (TPSA) is 23.6 Å². The van der Waals surface area contributed by atoms with E-state index in [1.165, 1.54) is 16.9 Å². The monoisotopic (exact) mass is 278 g/mol. The first kappa shape index (κ1) is 13.0. The molecule has 2 aliphatic rings. The van der Waals surface area contributed by atoms with Crippen LogP contribution in [0.1, 0.15) is 43.2 Å². The number of thiophene rings is 1. The summed E-state index contributed by atoms with van der Waals surface area (Å²) >= 11 is 1.83. The Morgan fingerprint density at radius 1 is 1.37 bits per heavy atom. The van der Waals surface area contributed by atoms with Crippen LogP contribution in [-0.2, 0) is 6.42 Å². The van der Waals surface area contributed by atoms with Gasteiger partial charge in [-0.1, -0.05) is 6.92 Å². The fourth-order valence-electron chi connectivity index (χ4n) is 3.32. The standard InChI is InChI=1S/C15H22N2OS/c1-11-4-3-7-16(10-11)15(18)17-8-5-14-13(12(17)2)6-9-19-14/h6,9,11-12H,3-5,7-8,10H2,1-2H3. The number of hydrogen-bond acceptors (Lipinski definition) is 2. The molecular weight excluding hydrogens is 256 g/mol. The molecule has 0 radical (unpaired) electrons. The number of amides is 2. The highest BCUT2D eigenvalue weighted by Crippen LogP contribution is 2.33. The molecule has 0 N–H and O–H groups in total. The number of carbonyl (C=O) groups excluding carboxylic acids is 1. The lowest BCUT2D eigenvalue weighted by atomic mass is 9.99. The van der Waals surface area contributed by atoms with Crippen LogP contribution in [0.4, 0.5) is 4.79 Å². The van der Waals surface area contributed by atoms with Gasteiger partial charge in [0.25, 0.3) is 0 Å². The molecule has 104 valence electrons. The molecule has 0 aliphatic carbocycles. The van der Waals surface area contributed by atoms with Crippen LogP contribution in [0.25, 0.3) is 0 Å². The van der Waals surface area contributed by atoms with Crippen molar-refractivity contribution in [1.29, 1.82) is 0 Å². The Morgan fingerprint density at radius 2 is 2.21 bits per heavy atom. The lowest BCUT2D eigenvalue weighted by molar-refractivity contribution is 0.115. The van der Waals surface area contributed by atoms with Crippen molar-refractivity contribution < 1.29 is 4.79 Å². The van der Waals surface area contributed by atoms with Crippen molar-refractivity contribution in [2.45, 2.75) is 39.2 Å². The second kappa shape index (κ2) is 5.16. The van der Waals surface area contributed by atoms with Crippen LogP contribution in [0.5, 0.6) is 0 Å². The Bertz CT molecular complexity index is 470. The first-order chi connectivity index (χ1) is 9.16. The van der Waals surface area contributed by atoms with E-state index in [2.05, 4.69) is 35.1 Å². The van der Waals surface area contributed by atoms with Gasteiger partial charge < -0.3 is 9.80 Å². The minimum Gasteiger partial charge on any atom is -0.324 e. The molecule has 2 atom stereocenters. The Hall–Kier alpha value is -1.03. The number of piperidine rings is 1. The van der Waals surface area contributed by atoms with Gasteiger partial charge in [0.05, 0.1) is 6.04 Å². The molecule has 2 amide bonds. The molecule has 3 rings (SSSR count). The Morgan fingerprint density at radius 3 is 3.00 bits per heavy atom. The number of hydrogen-bond donors (Lipinski definition) is 0. The van der Waals surface area contributed by atoms with Crippen molar-refractivity contribution in [1.82, 2.24) is 9.80 Å². The number of fused-ring (bicyclic) bond motifs is 1. The first-order valence-corrected chi connectivity index (χ1v) is 8.16. The third-order valence-electron chi connectivity index (χ3n) is 4.45. The molecule has 1 saturated heterocycles. The summed E-state index contributed by atoms with van der Waals surface area (Å²) in [5.74, 6) is 0.648. The van der Waals surface area contributed by atoms with Crippen molar-refractivity contribution in [2.24, 2.45) is 5.92 Å². The first-order valence-electron chi connectivity index (χ1n) is 7.28. The zero-order valence-corrected chi connectivity index (χ0v) is 12.6. The highest BCUT2D eigenvalue weighted by atomic mass is 32.1. The van der Waals surface area contributed by atoms with Gasteiger partial charge in [0.1, 0.15) is 0 Å². The maximum absolute atomic E-state index is 12.7. The van der Waals surface area contributed by atoms with Crippen LogP contribution in [0.3, 0.4) is 0 Å². The van der Waals surface area contributed by atoms with Gasteiger partial charge in [-0.3, -0.25) is 0 Å². The number of nitrogens with zero attached hydrogens (tertiary/aromatic N) is 2. The van der Waals surface area contributed by atoms with Crippen LogP contribution in [0.2, 0.25) is 0 Å². The van der Waals surface area contributed by atoms with E-state index in [9.17, 15) is 4.79 Å². The maximum Gasteiger partial charge on any atom is 0.320 e. The summed E-state index contributed by atoms with van der Waals surface area (Å²) in [7, 11) is 0. The summed E-state index contributed by atoms with van der Waals surface area (Å²) in [5, 5.41) is 2.15. The fourth-order valence-corrected chi connectivity index (χ4v) is 4.28. The normalized spacial score (nSPS) is 27.3. The fraction of sp³-hybridized carbons (Fsp3) is 0.667. The van der Waals surface area contributed by atoms with Crippen molar-refractivity contribution >= 4 is 17.4 Å². The molecule has 0 aromatic carbocycles. The van der Waals surface area contributed by atoms with E-state index in [0.29, 0.717) is 5.92 Å². The highest BCUT2D eigenvalue weighted by Gasteiger charge is 2.32. The predicted octanol–water partition coefficient (Wildman–Crippen LogP) is 3.52. The molecule has 0 bridgehead atoms. The number of urea groups is 1. The highest BCUT2D eigenvalue weighted by molar-refractivity contribution is 7.10. The lowest BCUT2D eigenvalue weighted by Crippen LogP contribution is -2.49. The summed E-state index contributed by atoms with van der Waals surface area (Å²) in [6.07, 6.45) is 3.43. The zero-order valence-electron chi connectivity index (χ0n) is 11.8. The molecule has 3 heterocycles. The molecule has 1 aromatic rings. The van der Waals surface area contributed by atoms with Crippen molar-refractivity contribution in [3.05, 3.63) is 21.9 Å². The SMILES string of the molecule is CC1CCCN(C(=O)N2CCc3sccc3C2C)C1. The molecule has 19 heavy (non-hydrogen) atoms. The van der Waals surface area contributed by atoms with E-state index < -0.39 is 0 Å². The van der Waals surface area contributed by atoms with Crippen LogP contribution in [0, 0.1) is 5.92 Å². The van der Waals surface area contributed by atoms with Crippen LogP contribution in [-0.4, -0.2) is 35.5 Å². The third-order valence-corrected chi connectivity index (χ3v) is 5.45. The van der Waals surface area contributed by atoms with E-state index in [1.54, 1.807) is 0 Å². The maximum atomic E-state index is 12.7. The summed E-state index contributed by atoms with van der Waals surface area (Å²) in [6, 6.07) is 2.67. The zero-order chi connectivity index (χ0) is 13.4. The van der Waals surface area contributed by atoms with Gasteiger partial charge in [-0.2, -0.15) is 0 Å². The number of carbonyl (C=O) groups is 1. The smallest absolute Gasteiger partial charge is 0.320 e. The van der Waals surface area contributed by atoms with E-state index in [-0.39, 0.29) is 12.1 Å². The van der Waals surface area contributed by atoms with Crippen LogP contribution >= 0.6 is 11.3 Å². The van der Waals surface area contributed by atoms with Gasteiger partial charge in [0, 0.05) is 24.5 Å².